The van der Waals surface area contributed by atoms with Crippen LogP contribution in [0.5, 0.6) is 5.75 Å². The van der Waals surface area contributed by atoms with Crippen molar-refractivity contribution in [3.05, 3.63) is 103 Å². The molecule has 2 aromatic rings. The first-order chi connectivity index (χ1) is 14.0. The Balaban J connectivity index is 0.00000204. The van der Waals surface area contributed by atoms with Crippen molar-refractivity contribution in [2.45, 2.75) is 0 Å². The third-order valence-electron chi connectivity index (χ3n) is 3.96. The highest BCUT2D eigenvalue weighted by atomic mass is 16.5. The van der Waals surface area contributed by atoms with Gasteiger partial charge in [0, 0.05) is 16.8 Å². The van der Waals surface area contributed by atoms with Gasteiger partial charge in [0.15, 0.2) is 0 Å². The molecule has 0 heterocycles. The molecule has 0 bridgehead atoms. The molecule has 0 saturated carbocycles. The Morgan fingerprint density at radius 2 is 1.55 bits per heavy atom. The largest absolute Gasteiger partial charge is 0.497 e. The summed E-state index contributed by atoms with van der Waals surface area (Å²) in [5, 5.41) is 2.88. The van der Waals surface area contributed by atoms with Crippen molar-refractivity contribution in [3.63, 3.8) is 0 Å². The molecule has 0 spiro atoms. The third-order valence-corrected chi connectivity index (χ3v) is 3.96. The van der Waals surface area contributed by atoms with Crippen LogP contribution < -0.4 is 10.1 Å². The number of hydrogen-bond donors (Lipinski definition) is 1. The molecule has 1 amide bonds. The van der Waals surface area contributed by atoms with Gasteiger partial charge >= 0.3 is 0 Å². The summed E-state index contributed by atoms with van der Waals surface area (Å²) < 4.78 is 10.1. The number of anilines is 1. The molecule has 2 aromatic carbocycles. The highest BCUT2D eigenvalue weighted by Gasteiger charge is 2.11. The number of para-hydroxylation sites is 1. The number of rotatable bonds is 8. The van der Waals surface area contributed by atoms with Crippen LogP contribution in [-0.4, -0.2) is 26.9 Å². The van der Waals surface area contributed by atoms with Gasteiger partial charge in [-0.05, 0) is 41.5 Å². The summed E-state index contributed by atoms with van der Waals surface area (Å²) in [5.74, 6) is 0.899. The zero-order chi connectivity index (χ0) is 21.8. The van der Waals surface area contributed by atoms with E-state index in [1.807, 2.05) is 55.3 Å². The van der Waals surface area contributed by atoms with E-state index in [0.29, 0.717) is 11.4 Å². The van der Waals surface area contributed by atoms with Crippen LogP contribution in [0.3, 0.4) is 0 Å². The second kappa shape index (κ2) is 11.8. The van der Waals surface area contributed by atoms with Crippen molar-refractivity contribution < 1.29 is 19.1 Å². The first kappa shape index (κ1) is 23.2. The maximum absolute atomic E-state index is 12.4. The number of ether oxygens (including phenoxy) is 2. The summed E-state index contributed by atoms with van der Waals surface area (Å²) in [6, 6.07) is 15.1. The third kappa shape index (κ3) is 6.66. The van der Waals surface area contributed by atoms with Crippen LogP contribution in [0.4, 0.5) is 5.69 Å². The summed E-state index contributed by atoms with van der Waals surface area (Å²) in [4.78, 5) is 20.4. The number of benzene rings is 2. The topological polar surface area (TPSA) is 64.6 Å². The van der Waals surface area contributed by atoms with Crippen LogP contribution >= 0.6 is 0 Å². The summed E-state index contributed by atoms with van der Waals surface area (Å²) >= 11 is 0. The molecule has 5 nitrogen and oxygen atoms in total. The predicted molar refractivity (Wildman–Crippen MR) is 118 cm³/mol. The number of amides is 1. The first-order valence-electron chi connectivity index (χ1n) is 8.59. The molecule has 1 N–H and O–H groups in total. The quantitative estimate of drug-likeness (QED) is 0.399. The SMILES string of the molecule is C=C(/C=C\C(=C)C(=O)Nc1ccccc1C(=C)c1ccc(OC)cc1)OC.C=O. The predicted octanol–water partition coefficient (Wildman–Crippen LogP) is 4.78. The lowest BCUT2D eigenvalue weighted by Gasteiger charge is -2.14. The minimum atomic E-state index is -0.315. The molecule has 5 heteroatoms. The maximum atomic E-state index is 12.4. The van der Waals surface area contributed by atoms with Crippen LogP contribution in [0.1, 0.15) is 11.1 Å². The average Bonchev–Trinajstić information content (AvgIpc) is 2.78. The van der Waals surface area contributed by atoms with Crippen LogP contribution in [0.25, 0.3) is 5.57 Å². The van der Waals surface area contributed by atoms with Gasteiger partial charge in [-0.1, -0.05) is 50.1 Å². The van der Waals surface area contributed by atoms with E-state index in [9.17, 15) is 4.79 Å². The first-order valence-corrected chi connectivity index (χ1v) is 8.59. The minimum Gasteiger partial charge on any atom is -0.497 e. The van der Waals surface area contributed by atoms with Crippen molar-refractivity contribution in [1.29, 1.82) is 0 Å². The Morgan fingerprint density at radius 3 is 2.14 bits per heavy atom. The molecular formula is C24H25NO4. The van der Waals surface area contributed by atoms with E-state index < -0.39 is 0 Å². The van der Waals surface area contributed by atoms with Gasteiger partial charge < -0.3 is 19.6 Å². The Morgan fingerprint density at radius 1 is 0.931 bits per heavy atom. The van der Waals surface area contributed by atoms with Crippen molar-refractivity contribution >= 4 is 24.0 Å². The number of carbonyl (C=O) groups excluding carboxylic acids is 2. The molecule has 0 saturated heterocycles. The van der Waals surface area contributed by atoms with Gasteiger partial charge in [-0.25, -0.2) is 0 Å². The van der Waals surface area contributed by atoms with Crippen LogP contribution in [0.2, 0.25) is 0 Å². The summed E-state index contributed by atoms with van der Waals surface area (Å²) in [7, 11) is 3.13. The molecule has 0 fully saturated rings. The van der Waals surface area contributed by atoms with E-state index in [4.69, 9.17) is 14.3 Å². The average molecular weight is 391 g/mol. The molecule has 0 unspecified atom stereocenters. The molecule has 0 atom stereocenters. The second-order valence-electron chi connectivity index (χ2n) is 5.74. The minimum absolute atomic E-state index is 0.290. The van der Waals surface area contributed by atoms with E-state index in [1.165, 1.54) is 7.11 Å². The monoisotopic (exact) mass is 391 g/mol. The number of allylic oxidation sites excluding steroid dienone is 1. The van der Waals surface area contributed by atoms with E-state index in [-0.39, 0.29) is 11.5 Å². The van der Waals surface area contributed by atoms with Gasteiger partial charge in [-0.2, -0.15) is 0 Å². The Labute approximate surface area is 171 Å². The van der Waals surface area contributed by atoms with E-state index >= 15 is 0 Å². The smallest absolute Gasteiger partial charge is 0.255 e. The molecule has 0 aromatic heterocycles. The fourth-order valence-electron chi connectivity index (χ4n) is 2.34. The highest BCUT2D eigenvalue weighted by molar-refractivity contribution is 6.07. The fourth-order valence-corrected chi connectivity index (χ4v) is 2.34. The molecule has 0 radical (unpaired) electrons. The molecule has 0 aliphatic heterocycles. The van der Waals surface area contributed by atoms with E-state index in [1.54, 1.807) is 19.3 Å². The van der Waals surface area contributed by atoms with Gasteiger partial charge in [0.1, 0.15) is 18.3 Å². The van der Waals surface area contributed by atoms with Crippen molar-refractivity contribution in [2.24, 2.45) is 0 Å². The van der Waals surface area contributed by atoms with Crippen LogP contribution in [-0.2, 0) is 14.3 Å². The van der Waals surface area contributed by atoms with E-state index in [0.717, 1.165) is 22.4 Å². The van der Waals surface area contributed by atoms with Gasteiger partial charge in [0.25, 0.3) is 5.91 Å². The zero-order valence-electron chi connectivity index (χ0n) is 16.7. The Bertz CT molecular complexity index is 911. The fraction of sp³-hybridized carbons (Fsp3) is 0.0833. The molecule has 150 valence electrons. The number of carbonyl (C=O) groups is 2. The number of methoxy groups -OCH3 is 2. The van der Waals surface area contributed by atoms with Crippen molar-refractivity contribution in [2.75, 3.05) is 19.5 Å². The second-order valence-corrected chi connectivity index (χ2v) is 5.74. The molecule has 0 aliphatic rings. The van der Waals surface area contributed by atoms with Gasteiger partial charge in [0.2, 0.25) is 0 Å². The zero-order valence-corrected chi connectivity index (χ0v) is 16.7. The molecular weight excluding hydrogens is 366 g/mol. The standard InChI is InChI=1S/C23H23NO3.CH2O/c1-16(10-11-17(2)26-4)23(25)24-22-9-7-6-8-21(22)18(3)19-12-14-20(27-5)15-13-19;1-2/h6-15H,1-3H2,4-5H3,(H,24,25);1H2/b11-10-;. The summed E-state index contributed by atoms with van der Waals surface area (Å²) in [6.45, 7) is 13.6. The molecule has 29 heavy (non-hydrogen) atoms. The summed E-state index contributed by atoms with van der Waals surface area (Å²) in [6.07, 6.45) is 3.15. The molecule has 0 aliphatic carbocycles. The van der Waals surface area contributed by atoms with Gasteiger partial charge in [-0.15, -0.1) is 0 Å². The normalized spacial score (nSPS) is 9.72. The number of nitrogens with one attached hydrogen (secondary N) is 1. The van der Waals surface area contributed by atoms with Crippen molar-refractivity contribution in [3.8, 4) is 5.75 Å². The Hall–Kier alpha value is -3.86. The highest BCUT2D eigenvalue weighted by Crippen LogP contribution is 2.29. The maximum Gasteiger partial charge on any atom is 0.255 e. The van der Waals surface area contributed by atoms with Crippen LogP contribution in [0.15, 0.2) is 91.8 Å². The number of hydrogen-bond acceptors (Lipinski definition) is 4. The van der Waals surface area contributed by atoms with Crippen molar-refractivity contribution in [1.82, 2.24) is 0 Å². The van der Waals surface area contributed by atoms with Gasteiger partial charge in [-0.3, -0.25) is 4.79 Å². The lowest BCUT2D eigenvalue weighted by Crippen LogP contribution is -2.14. The van der Waals surface area contributed by atoms with E-state index in [2.05, 4.69) is 25.1 Å². The summed E-state index contributed by atoms with van der Waals surface area (Å²) in [5.41, 5.74) is 3.51. The Kier molecular flexibility index (Phi) is 9.41. The molecule has 2 rings (SSSR count). The lowest BCUT2D eigenvalue weighted by atomic mass is 9.98. The lowest BCUT2D eigenvalue weighted by molar-refractivity contribution is -0.112. The van der Waals surface area contributed by atoms with Gasteiger partial charge in [0.05, 0.1) is 14.2 Å². The van der Waals surface area contributed by atoms with Crippen LogP contribution in [0, 0.1) is 0 Å².